The van der Waals surface area contributed by atoms with Crippen molar-refractivity contribution in [3.05, 3.63) is 72.1 Å². The van der Waals surface area contributed by atoms with Gasteiger partial charge in [-0.2, -0.15) is 5.10 Å². The molecule has 0 radical (unpaired) electrons. The van der Waals surface area contributed by atoms with Crippen molar-refractivity contribution in [2.45, 2.75) is 13.0 Å². The van der Waals surface area contributed by atoms with Gasteiger partial charge < -0.3 is 14.4 Å². The standard InChI is InChI=1S/C23H22N4O2/c1-28-21-8-7-17(13-22(21)29-2)19-14-20-23(24-10-12-27(20)25-19)26-11-9-16-5-3-4-6-18(16)15-26/h3-8,10,12-14H,9,11,15H2,1-2H3. The lowest BCUT2D eigenvalue weighted by molar-refractivity contribution is 0.355. The number of benzene rings is 2. The Morgan fingerprint density at radius 1 is 0.931 bits per heavy atom. The second-order valence-electron chi connectivity index (χ2n) is 7.12. The van der Waals surface area contributed by atoms with Crippen LogP contribution in [0, 0.1) is 0 Å². The normalized spacial score (nSPS) is 13.4. The average Bonchev–Trinajstić information content (AvgIpc) is 3.22. The number of methoxy groups -OCH3 is 2. The molecule has 3 heterocycles. The zero-order chi connectivity index (χ0) is 19.8. The highest BCUT2D eigenvalue weighted by Crippen LogP contribution is 2.33. The summed E-state index contributed by atoms with van der Waals surface area (Å²) in [7, 11) is 3.28. The van der Waals surface area contributed by atoms with Gasteiger partial charge in [0, 0.05) is 31.0 Å². The Hall–Kier alpha value is -3.54. The van der Waals surface area contributed by atoms with Crippen LogP contribution >= 0.6 is 0 Å². The zero-order valence-corrected chi connectivity index (χ0v) is 16.5. The molecule has 6 heteroatoms. The van der Waals surface area contributed by atoms with E-state index in [1.165, 1.54) is 11.1 Å². The van der Waals surface area contributed by atoms with E-state index in [0.29, 0.717) is 11.5 Å². The minimum atomic E-state index is 0.688. The Morgan fingerprint density at radius 3 is 2.59 bits per heavy atom. The Balaban J connectivity index is 1.54. The number of rotatable bonds is 4. The molecule has 0 aliphatic carbocycles. The highest BCUT2D eigenvalue weighted by atomic mass is 16.5. The quantitative estimate of drug-likeness (QED) is 0.531. The largest absolute Gasteiger partial charge is 0.493 e. The number of nitrogens with zero attached hydrogens (tertiary/aromatic N) is 4. The van der Waals surface area contributed by atoms with E-state index in [-0.39, 0.29) is 0 Å². The van der Waals surface area contributed by atoms with Gasteiger partial charge in [0.1, 0.15) is 5.52 Å². The van der Waals surface area contributed by atoms with Gasteiger partial charge in [-0.15, -0.1) is 0 Å². The molecule has 0 saturated carbocycles. The van der Waals surface area contributed by atoms with Gasteiger partial charge in [-0.3, -0.25) is 0 Å². The van der Waals surface area contributed by atoms with E-state index in [0.717, 1.165) is 42.1 Å². The molecule has 0 saturated heterocycles. The van der Waals surface area contributed by atoms with Crippen LogP contribution in [0.4, 0.5) is 5.82 Å². The van der Waals surface area contributed by atoms with Crippen molar-refractivity contribution in [1.29, 1.82) is 0 Å². The molecule has 5 rings (SSSR count). The average molecular weight is 386 g/mol. The summed E-state index contributed by atoms with van der Waals surface area (Å²) in [4.78, 5) is 7.02. The van der Waals surface area contributed by atoms with Crippen molar-refractivity contribution in [3.63, 3.8) is 0 Å². The van der Waals surface area contributed by atoms with Crippen LogP contribution < -0.4 is 14.4 Å². The Kier molecular flexibility index (Phi) is 4.31. The summed E-state index contributed by atoms with van der Waals surface area (Å²) in [6, 6.07) is 16.6. The van der Waals surface area contributed by atoms with Gasteiger partial charge in [-0.05, 0) is 41.8 Å². The monoisotopic (exact) mass is 386 g/mol. The topological polar surface area (TPSA) is 51.9 Å². The summed E-state index contributed by atoms with van der Waals surface area (Å²) in [6.45, 7) is 1.81. The molecule has 2 aromatic heterocycles. The molecular weight excluding hydrogens is 364 g/mol. The molecule has 0 atom stereocenters. The lowest BCUT2D eigenvalue weighted by atomic mass is 10.00. The Bertz CT molecular complexity index is 1180. The smallest absolute Gasteiger partial charge is 0.161 e. The fourth-order valence-corrected chi connectivity index (χ4v) is 3.97. The van der Waals surface area contributed by atoms with E-state index in [1.54, 1.807) is 14.2 Å². The van der Waals surface area contributed by atoms with E-state index in [9.17, 15) is 0 Å². The molecule has 0 bridgehead atoms. The van der Waals surface area contributed by atoms with Gasteiger partial charge in [-0.1, -0.05) is 24.3 Å². The van der Waals surface area contributed by atoms with Crippen LogP contribution in [0.15, 0.2) is 60.9 Å². The summed E-state index contributed by atoms with van der Waals surface area (Å²) in [6.07, 6.45) is 4.73. The third-order valence-corrected chi connectivity index (χ3v) is 5.48. The molecule has 0 unspecified atom stereocenters. The van der Waals surface area contributed by atoms with Gasteiger partial charge in [0.15, 0.2) is 17.3 Å². The van der Waals surface area contributed by atoms with E-state index in [2.05, 4.69) is 35.2 Å². The van der Waals surface area contributed by atoms with Gasteiger partial charge in [0.25, 0.3) is 0 Å². The van der Waals surface area contributed by atoms with Gasteiger partial charge >= 0.3 is 0 Å². The molecule has 6 nitrogen and oxygen atoms in total. The number of ether oxygens (including phenoxy) is 2. The van der Waals surface area contributed by atoms with Crippen molar-refractivity contribution in [2.75, 3.05) is 25.7 Å². The molecule has 146 valence electrons. The summed E-state index contributed by atoms with van der Waals surface area (Å²) >= 11 is 0. The highest BCUT2D eigenvalue weighted by Gasteiger charge is 2.20. The third-order valence-electron chi connectivity index (χ3n) is 5.48. The summed E-state index contributed by atoms with van der Waals surface area (Å²) in [5.74, 6) is 2.35. The van der Waals surface area contributed by atoms with Crippen LogP contribution in [0.25, 0.3) is 16.8 Å². The molecule has 1 aliphatic heterocycles. The number of hydrogen-bond acceptors (Lipinski definition) is 5. The summed E-state index contributed by atoms with van der Waals surface area (Å²) in [5, 5.41) is 4.77. The Labute approximate surface area is 169 Å². The van der Waals surface area contributed by atoms with Crippen molar-refractivity contribution < 1.29 is 9.47 Å². The van der Waals surface area contributed by atoms with Crippen LogP contribution in [0.1, 0.15) is 11.1 Å². The van der Waals surface area contributed by atoms with Crippen molar-refractivity contribution in [3.8, 4) is 22.8 Å². The minimum Gasteiger partial charge on any atom is -0.493 e. The molecule has 0 amide bonds. The molecule has 4 aromatic rings. The predicted molar refractivity (Wildman–Crippen MR) is 113 cm³/mol. The second kappa shape index (κ2) is 7.13. The molecule has 0 fully saturated rings. The maximum atomic E-state index is 5.44. The molecule has 1 aliphatic rings. The lowest BCUT2D eigenvalue weighted by Crippen LogP contribution is -2.31. The number of fused-ring (bicyclic) bond motifs is 2. The van der Waals surface area contributed by atoms with Crippen LogP contribution in [-0.2, 0) is 13.0 Å². The van der Waals surface area contributed by atoms with Crippen LogP contribution in [0.5, 0.6) is 11.5 Å². The van der Waals surface area contributed by atoms with Gasteiger partial charge in [-0.25, -0.2) is 9.50 Å². The number of hydrogen-bond donors (Lipinski definition) is 0. The van der Waals surface area contributed by atoms with Gasteiger partial charge in [0.2, 0.25) is 0 Å². The minimum absolute atomic E-state index is 0.688. The van der Waals surface area contributed by atoms with Gasteiger partial charge in [0.05, 0.1) is 19.9 Å². The number of aromatic nitrogens is 3. The van der Waals surface area contributed by atoms with Crippen molar-refractivity contribution >= 4 is 11.3 Å². The molecule has 29 heavy (non-hydrogen) atoms. The van der Waals surface area contributed by atoms with Crippen LogP contribution in [0.3, 0.4) is 0 Å². The van der Waals surface area contributed by atoms with E-state index < -0.39 is 0 Å². The zero-order valence-electron chi connectivity index (χ0n) is 16.5. The van der Waals surface area contributed by atoms with E-state index >= 15 is 0 Å². The summed E-state index contributed by atoms with van der Waals surface area (Å²) in [5.41, 5.74) is 5.63. The maximum Gasteiger partial charge on any atom is 0.161 e. The SMILES string of the molecule is COc1ccc(-c2cc3c(N4CCc5ccccc5C4)nccn3n2)cc1OC. The van der Waals surface area contributed by atoms with E-state index in [1.807, 2.05) is 35.1 Å². The maximum absolute atomic E-state index is 5.44. The summed E-state index contributed by atoms with van der Waals surface area (Å²) < 4.78 is 12.7. The first kappa shape index (κ1) is 17.6. The Morgan fingerprint density at radius 2 is 1.76 bits per heavy atom. The first-order chi connectivity index (χ1) is 14.3. The fourth-order valence-electron chi connectivity index (χ4n) is 3.97. The van der Waals surface area contributed by atoms with Crippen LogP contribution in [0.2, 0.25) is 0 Å². The highest BCUT2D eigenvalue weighted by molar-refractivity contribution is 5.76. The van der Waals surface area contributed by atoms with Crippen molar-refractivity contribution in [1.82, 2.24) is 14.6 Å². The van der Waals surface area contributed by atoms with E-state index in [4.69, 9.17) is 19.6 Å². The first-order valence-electron chi connectivity index (χ1n) is 9.65. The second-order valence-corrected chi connectivity index (χ2v) is 7.12. The van der Waals surface area contributed by atoms with Crippen LogP contribution in [-0.4, -0.2) is 35.4 Å². The fraction of sp³-hybridized carbons (Fsp3) is 0.217. The first-order valence-corrected chi connectivity index (χ1v) is 9.65. The molecule has 0 spiro atoms. The lowest BCUT2D eigenvalue weighted by Gasteiger charge is -2.30. The third kappa shape index (κ3) is 3.06. The molecular formula is C23H22N4O2. The number of anilines is 1. The molecule has 0 N–H and O–H groups in total. The molecule has 2 aromatic carbocycles. The predicted octanol–water partition coefficient (Wildman–Crippen LogP) is 3.98. The van der Waals surface area contributed by atoms with Crippen molar-refractivity contribution in [2.24, 2.45) is 0 Å².